The fraction of sp³-hybridized carbons (Fsp3) is 0.381. The number of fused-ring (bicyclic) bond motifs is 3. The number of carbonyl (C=O) groups is 2. The summed E-state index contributed by atoms with van der Waals surface area (Å²) in [5, 5.41) is 0.633. The Labute approximate surface area is 161 Å². The smallest absolute Gasteiger partial charge is 0.336 e. The molecule has 2 heterocycles. The van der Waals surface area contributed by atoms with Gasteiger partial charge in [0.25, 0.3) is 0 Å². The van der Waals surface area contributed by atoms with Crippen molar-refractivity contribution in [2.24, 2.45) is 0 Å². The summed E-state index contributed by atoms with van der Waals surface area (Å²) in [6.07, 6.45) is -0.330. The third-order valence-corrected chi connectivity index (χ3v) is 4.69. The summed E-state index contributed by atoms with van der Waals surface area (Å²) in [7, 11) is 0. The van der Waals surface area contributed by atoms with Crippen LogP contribution in [0.5, 0.6) is 5.75 Å². The zero-order chi connectivity index (χ0) is 20.6. The van der Waals surface area contributed by atoms with E-state index in [1.807, 2.05) is 0 Å². The van der Waals surface area contributed by atoms with Crippen molar-refractivity contribution in [2.45, 2.75) is 52.4 Å². The Morgan fingerprint density at radius 1 is 1.11 bits per heavy atom. The molecule has 148 valence electrons. The van der Waals surface area contributed by atoms with E-state index >= 15 is 0 Å². The molecular formula is C21H22O7. The Kier molecular flexibility index (Phi) is 5.02. The summed E-state index contributed by atoms with van der Waals surface area (Å²) in [6.45, 7) is 8.09. The average Bonchev–Trinajstić information content (AvgIpc) is 2.62. The molecule has 0 fully saturated rings. The van der Waals surface area contributed by atoms with E-state index in [2.05, 4.69) is 0 Å². The minimum absolute atomic E-state index is 0.232. The number of ether oxygens (including phenoxy) is 3. The first-order valence-corrected chi connectivity index (χ1v) is 8.91. The molecule has 0 spiro atoms. The van der Waals surface area contributed by atoms with Gasteiger partial charge in [0.1, 0.15) is 16.9 Å². The number of benzene rings is 1. The van der Waals surface area contributed by atoms with E-state index in [1.54, 1.807) is 52.0 Å². The maximum absolute atomic E-state index is 12.4. The molecule has 2 atom stereocenters. The minimum atomic E-state index is -1.00. The highest BCUT2D eigenvalue weighted by Gasteiger charge is 2.50. The van der Waals surface area contributed by atoms with Crippen molar-refractivity contribution in [1.82, 2.24) is 0 Å². The molecule has 1 aromatic heterocycles. The Balaban J connectivity index is 2.22. The number of hydrogen-bond donors (Lipinski definition) is 0. The standard InChI is InChI=1S/C21H22O7/c1-6-11(2)20(24)27-19-18(25-12(3)22)16-14(28-21(19,4)5)9-7-13-8-10-15(23)26-17(13)16/h6-10,18-19H,1-5H3/b11-6+. The first-order chi connectivity index (χ1) is 13.1. The molecule has 28 heavy (non-hydrogen) atoms. The number of carbonyl (C=O) groups excluding carboxylic acids is 2. The van der Waals surface area contributed by atoms with E-state index in [-0.39, 0.29) is 5.58 Å². The molecule has 0 aliphatic carbocycles. The van der Waals surface area contributed by atoms with Crippen molar-refractivity contribution in [3.05, 3.63) is 51.9 Å². The molecule has 0 amide bonds. The summed E-state index contributed by atoms with van der Waals surface area (Å²) in [6, 6.07) is 6.37. The van der Waals surface area contributed by atoms with Crippen LogP contribution in [0, 0.1) is 0 Å². The molecule has 0 radical (unpaired) electrons. The Hall–Kier alpha value is -3.09. The summed E-state index contributed by atoms with van der Waals surface area (Å²) in [4.78, 5) is 36.1. The van der Waals surface area contributed by atoms with E-state index < -0.39 is 35.4 Å². The second-order valence-corrected chi connectivity index (χ2v) is 7.18. The Morgan fingerprint density at radius 3 is 2.43 bits per heavy atom. The summed E-state index contributed by atoms with van der Waals surface area (Å²) < 4.78 is 22.7. The quantitative estimate of drug-likeness (QED) is 0.453. The van der Waals surface area contributed by atoms with E-state index in [4.69, 9.17) is 18.6 Å². The maximum atomic E-state index is 12.4. The lowest BCUT2D eigenvalue weighted by Gasteiger charge is -2.43. The number of hydrogen-bond acceptors (Lipinski definition) is 7. The van der Waals surface area contributed by atoms with Gasteiger partial charge in [-0.1, -0.05) is 6.08 Å². The molecule has 0 N–H and O–H groups in total. The number of allylic oxidation sites excluding steroid dienone is 1. The summed E-state index contributed by atoms with van der Waals surface area (Å²) in [5.74, 6) is -0.715. The topological polar surface area (TPSA) is 92.0 Å². The SMILES string of the molecule is C/C=C(\C)C(=O)OC1C(OC(C)=O)c2c(ccc3ccc(=O)oc23)OC1(C)C. The van der Waals surface area contributed by atoms with Gasteiger partial charge in [0, 0.05) is 23.9 Å². The molecule has 0 saturated carbocycles. The largest absolute Gasteiger partial charge is 0.483 e. The van der Waals surface area contributed by atoms with Crippen LogP contribution < -0.4 is 10.4 Å². The molecule has 3 rings (SSSR count). The predicted octanol–water partition coefficient (Wildman–Crippen LogP) is 3.45. The summed E-state index contributed by atoms with van der Waals surface area (Å²) >= 11 is 0. The van der Waals surface area contributed by atoms with Gasteiger partial charge < -0.3 is 18.6 Å². The highest BCUT2D eigenvalue weighted by atomic mass is 16.6. The lowest BCUT2D eigenvalue weighted by atomic mass is 9.87. The number of rotatable bonds is 3. The van der Waals surface area contributed by atoms with Gasteiger partial charge in [-0.25, -0.2) is 9.59 Å². The molecule has 1 aromatic carbocycles. The zero-order valence-electron chi connectivity index (χ0n) is 16.4. The first-order valence-electron chi connectivity index (χ1n) is 8.91. The van der Waals surface area contributed by atoms with Crippen molar-refractivity contribution in [1.29, 1.82) is 0 Å². The molecule has 1 aliphatic heterocycles. The van der Waals surface area contributed by atoms with Crippen molar-refractivity contribution < 1.29 is 28.2 Å². The lowest BCUT2D eigenvalue weighted by Crippen LogP contribution is -2.52. The fourth-order valence-electron chi connectivity index (χ4n) is 3.18. The van der Waals surface area contributed by atoms with Gasteiger partial charge in [-0.15, -0.1) is 0 Å². The second kappa shape index (κ2) is 7.14. The van der Waals surface area contributed by atoms with Gasteiger partial charge in [-0.3, -0.25) is 4.79 Å². The van der Waals surface area contributed by atoms with Crippen LogP contribution in [-0.4, -0.2) is 23.6 Å². The minimum Gasteiger partial charge on any atom is -0.483 e. The Bertz CT molecular complexity index is 1030. The van der Waals surface area contributed by atoms with Crippen LogP contribution in [0.25, 0.3) is 11.0 Å². The molecular weight excluding hydrogens is 364 g/mol. The molecule has 2 unspecified atom stereocenters. The van der Waals surface area contributed by atoms with Crippen LogP contribution in [-0.2, 0) is 19.1 Å². The predicted molar refractivity (Wildman–Crippen MR) is 101 cm³/mol. The van der Waals surface area contributed by atoms with E-state index in [0.717, 1.165) is 0 Å². The summed E-state index contributed by atoms with van der Waals surface area (Å²) in [5.41, 5.74) is -0.547. The van der Waals surface area contributed by atoms with Gasteiger partial charge in [0.15, 0.2) is 12.2 Å². The van der Waals surface area contributed by atoms with Crippen molar-refractivity contribution in [3.8, 4) is 5.75 Å². The lowest BCUT2D eigenvalue weighted by molar-refractivity contribution is -0.186. The van der Waals surface area contributed by atoms with Gasteiger partial charge in [0.05, 0.1) is 5.56 Å². The Morgan fingerprint density at radius 2 is 1.79 bits per heavy atom. The number of esters is 2. The monoisotopic (exact) mass is 386 g/mol. The molecule has 0 saturated heterocycles. The van der Waals surface area contributed by atoms with Gasteiger partial charge in [0.2, 0.25) is 0 Å². The van der Waals surface area contributed by atoms with Crippen LogP contribution >= 0.6 is 0 Å². The third-order valence-electron chi connectivity index (χ3n) is 4.69. The zero-order valence-corrected chi connectivity index (χ0v) is 16.4. The van der Waals surface area contributed by atoms with Crippen LogP contribution in [0.4, 0.5) is 0 Å². The average molecular weight is 386 g/mol. The molecule has 1 aliphatic rings. The van der Waals surface area contributed by atoms with E-state index in [1.165, 1.54) is 13.0 Å². The van der Waals surface area contributed by atoms with Gasteiger partial charge in [-0.05, 0) is 45.9 Å². The van der Waals surface area contributed by atoms with Crippen molar-refractivity contribution >= 4 is 22.9 Å². The molecule has 2 aromatic rings. The van der Waals surface area contributed by atoms with Crippen molar-refractivity contribution in [3.63, 3.8) is 0 Å². The van der Waals surface area contributed by atoms with Crippen LogP contribution in [0.2, 0.25) is 0 Å². The highest BCUT2D eigenvalue weighted by molar-refractivity contribution is 5.88. The first kappa shape index (κ1) is 19.7. The highest BCUT2D eigenvalue weighted by Crippen LogP contribution is 2.46. The van der Waals surface area contributed by atoms with Crippen LogP contribution in [0.3, 0.4) is 0 Å². The molecule has 0 bridgehead atoms. The van der Waals surface area contributed by atoms with Crippen LogP contribution in [0.1, 0.15) is 46.3 Å². The van der Waals surface area contributed by atoms with Crippen molar-refractivity contribution in [2.75, 3.05) is 0 Å². The van der Waals surface area contributed by atoms with Crippen LogP contribution in [0.15, 0.2) is 45.1 Å². The maximum Gasteiger partial charge on any atom is 0.336 e. The fourth-order valence-corrected chi connectivity index (χ4v) is 3.18. The normalized spacial score (nSPS) is 20.8. The van der Waals surface area contributed by atoms with E-state index in [0.29, 0.717) is 22.3 Å². The van der Waals surface area contributed by atoms with Gasteiger partial charge in [-0.2, -0.15) is 0 Å². The van der Waals surface area contributed by atoms with Gasteiger partial charge >= 0.3 is 17.6 Å². The van der Waals surface area contributed by atoms with E-state index in [9.17, 15) is 14.4 Å². The second-order valence-electron chi connectivity index (χ2n) is 7.18. The molecule has 7 heteroatoms. The third kappa shape index (κ3) is 3.52. The molecule has 7 nitrogen and oxygen atoms in total.